The van der Waals surface area contributed by atoms with Crippen LogP contribution >= 0.6 is 0 Å². The molecule has 0 saturated carbocycles. The molecule has 142 valence electrons. The Balaban J connectivity index is 1.50. The van der Waals surface area contributed by atoms with Gasteiger partial charge in [0.2, 0.25) is 0 Å². The van der Waals surface area contributed by atoms with Gasteiger partial charge >= 0.3 is 5.97 Å². The van der Waals surface area contributed by atoms with E-state index in [1.807, 2.05) is 25.1 Å². The lowest BCUT2D eigenvalue weighted by atomic mass is 10.1. The average Bonchev–Trinajstić information content (AvgIpc) is 3.18. The molecule has 0 amide bonds. The highest BCUT2D eigenvalue weighted by atomic mass is 16.5. The van der Waals surface area contributed by atoms with E-state index in [1.54, 1.807) is 12.4 Å². The molecule has 2 aromatic heterocycles. The summed E-state index contributed by atoms with van der Waals surface area (Å²) in [6.45, 7) is 2.99. The van der Waals surface area contributed by atoms with Gasteiger partial charge in [0.15, 0.2) is 6.10 Å². The number of rotatable bonds is 13. The number of hydrogen-bond acceptors (Lipinski definition) is 5. The van der Waals surface area contributed by atoms with Crippen LogP contribution < -0.4 is 4.74 Å². The van der Waals surface area contributed by atoms with Crippen LogP contribution in [0.3, 0.4) is 0 Å². The number of carboxylic acid groups (broad SMARTS) is 1. The first-order valence-corrected chi connectivity index (χ1v) is 9.13. The van der Waals surface area contributed by atoms with Crippen molar-refractivity contribution < 1.29 is 19.4 Å². The molecule has 0 aliphatic rings. The average molecular weight is 361 g/mol. The quantitative estimate of drug-likeness (QED) is 0.528. The Labute approximate surface area is 153 Å². The second-order valence-corrected chi connectivity index (χ2v) is 6.07. The number of carbonyl (C=O) groups is 1. The molecule has 0 aromatic carbocycles. The maximum atomic E-state index is 10.8. The number of pyridine rings is 1. The monoisotopic (exact) mass is 361 g/mol. The molecule has 2 heterocycles. The molecule has 2 aromatic rings. The second kappa shape index (κ2) is 11.3. The van der Waals surface area contributed by atoms with Crippen molar-refractivity contribution in [1.82, 2.24) is 15.2 Å². The van der Waals surface area contributed by atoms with E-state index >= 15 is 0 Å². The number of nitrogens with zero attached hydrogens (tertiary/aromatic N) is 2. The normalized spacial score (nSPS) is 12.0. The molecule has 0 unspecified atom stereocenters. The van der Waals surface area contributed by atoms with Gasteiger partial charge in [0.25, 0.3) is 0 Å². The Kier molecular flexibility index (Phi) is 8.62. The second-order valence-electron chi connectivity index (χ2n) is 6.07. The molecular formula is C19H27N3O4. The topological polar surface area (TPSA) is 97.3 Å². The summed E-state index contributed by atoms with van der Waals surface area (Å²) in [4.78, 5) is 15.2. The minimum Gasteiger partial charge on any atom is -0.492 e. The smallest absolute Gasteiger partial charge is 0.332 e. The van der Waals surface area contributed by atoms with Crippen LogP contribution in [0.1, 0.15) is 45.4 Å². The van der Waals surface area contributed by atoms with Crippen molar-refractivity contribution in [1.29, 1.82) is 0 Å². The van der Waals surface area contributed by atoms with Gasteiger partial charge in [-0.1, -0.05) is 26.2 Å². The van der Waals surface area contributed by atoms with E-state index in [0.717, 1.165) is 49.2 Å². The third-order valence-corrected chi connectivity index (χ3v) is 4.04. The highest BCUT2D eigenvalue weighted by Crippen LogP contribution is 2.17. The number of carboxylic acids is 1. The summed E-state index contributed by atoms with van der Waals surface area (Å²) in [6, 6.07) is 5.69. The zero-order valence-electron chi connectivity index (χ0n) is 15.2. The molecule has 2 rings (SSSR count). The van der Waals surface area contributed by atoms with Crippen molar-refractivity contribution in [2.75, 3.05) is 13.2 Å². The largest absolute Gasteiger partial charge is 0.492 e. The van der Waals surface area contributed by atoms with E-state index in [0.29, 0.717) is 19.6 Å². The van der Waals surface area contributed by atoms with Crippen LogP contribution in [0.25, 0.3) is 11.4 Å². The molecule has 1 atom stereocenters. The fraction of sp³-hybridized carbons (Fsp3) is 0.526. The Hall–Kier alpha value is -2.41. The van der Waals surface area contributed by atoms with E-state index in [4.69, 9.17) is 14.6 Å². The summed E-state index contributed by atoms with van der Waals surface area (Å²) in [7, 11) is 0. The molecule has 0 saturated heterocycles. The van der Waals surface area contributed by atoms with Crippen molar-refractivity contribution in [3.8, 4) is 17.1 Å². The lowest BCUT2D eigenvalue weighted by molar-refractivity contribution is -0.150. The highest BCUT2D eigenvalue weighted by molar-refractivity contribution is 5.72. The molecule has 26 heavy (non-hydrogen) atoms. The summed E-state index contributed by atoms with van der Waals surface area (Å²) >= 11 is 0. The minimum atomic E-state index is -0.878. The van der Waals surface area contributed by atoms with Gasteiger partial charge in [-0.25, -0.2) is 4.79 Å². The first-order valence-electron chi connectivity index (χ1n) is 9.13. The SMILES string of the molecule is CC[C@H](OCCCCCCCOc1ccc(-c2ccn[nH]2)nc1)C(=O)O. The summed E-state index contributed by atoms with van der Waals surface area (Å²) in [6.07, 6.45) is 8.34. The van der Waals surface area contributed by atoms with Crippen molar-refractivity contribution in [2.45, 2.75) is 51.6 Å². The van der Waals surface area contributed by atoms with Crippen LogP contribution in [0, 0.1) is 0 Å². The molecule has 0 aliphatic carbocycles. The summed E-state index contributed by atoms with van der Waals surface area (Å²) < 4.78 is 11.0. The van der Waals surface area contributed by atoms with Crippen LogP contribution in [0.2, 0.25) is 0 Å². The number of aromatic amines is 1. The van der Waals surface area contributed by atoms with Gasteiger partial charge in [-0.2, -0.15) is 5.10 Å². The van der Waals surface area contributed by atoms with Crippen LogP contribution in [-0.4, -0.2) is 45.6 Å². The van der Waals surface area contributed by atoms with Crippen LogP contribution in [-0.2, 0) is 9.53 Å². The molecule has 0 fully saturated rings. The number of nitrogens with one attached hydrogen (secondary N) is 1. The zero-order chi connectivity index (χ0) is 18.6. The van der Waals surface area contributed by atoms with Gasteiger partial charge in [0, 0.05) is 12.8 Å². The number of hydrogen-bond donors (Lipinski definition) is 2. The number of unbranched alkanes of at least 4 members (excludes halogenated alkanes) is 4. The van der Waals surface area contributed by atoms with Crippen molar-refractivity contribution in [3.63, 3.8) is 0 Å². The van der Waals surface area contributed by atoms with Gasteiger partial charge in [0.05, 0.1) is 24.2 Å². The summed E-state index contributed by atoms with van der Waals surface area (Å²) in [5.41, 5.74) is 1.72. The Morgan fingerprint density at radius 3 is 2.54 bits per heavy atom. The predicted molar refractivity (Wildman–Crippen MR) is 98.1 cm³/mol. The minimum absolute atomic E-state index is 0.504. The van der Waals surface area contributed by atoms with Gasteiger partial charge < -0.3 is 14.6 Å². The molecule has 7 nitrogen and oxygen atoms in total. The number of aromatic nitrogens is 3. The van der Waals surface area contributed by atoms with Crippen molar-refractivity contribution in [3.05, 3.63) is 30.6 Å². The Bertz CT molecular complexity index is 629. The molecule has 0 radical (unpaired) electrons. The molecule has 7 heteroatoms. The fourth-order valence-corrected chi connectivity index (χ4v) is 2.54. The highest BCUT2D eigenvalue weighted by Gasteiger charge is 2.14. The van der Waals surface area contributed by atoms with Crippen LogP contribution in [0.15, 0.2) is 30.6 Å². The lowest BCUT2D eigenvalue weighted by Crippen LogP contribution is -2.23. The fourth-order valence-electron chi connectivity index (χ4n) is 2.54. The molecular weight excluding hydrogens is 334 g/mol. The number of H-pyrrole nitrogens is 1. The van der Waals surface area contributed by atoms with Gasteiger partial charge in [-0.05, 0) is 37.5 Å². The van der Waals surface area contributed by atoms with E-state index in [-0.39, 0.29) is 0 Å². The summed E-state index contributed by atoms with van der Waals surface area (Å²) in [5, 5.41) is 15.7. The van der Waals surface area contributed by atoms with Gasteiger partial charge in [-0.3, -0.25) is 10.1 Å². The van der Waals surface area contributed by atoms with E-state index in [2.05, 4.69) is 15.2 Å². The van der Waals surface area contributed by atoms with Gasteiger partial charge in [-0.15, -0.1) is 0 Å². The third kappa shape index (κ3) is 6.84. The first kappa shape index (κ1) is 19.9. The van der Waals surface area contributed by atoms with Gasteiger partial charge in [0.1, 0.15) is 5.75 Å². The molecule has 0 spiro atoms. The molecule has 2 N–H and O–H groups in total. The Morgan fingerprint density at radius 1 is 1.15 bits per heavy atom. The van der Waals surface area contributed by atoms with E-state index in [9.17, 15) is 4.79 Å². The van der Waals surface area contributed by atoms with Crippen LogP contribution in [0.5, 0.6) is 5.75 Å². The zero-order valence-corrected chi connectivity index (χ0v) is 15.2. The number of ether oxygens (including phenoxy) is 2. The van der Waals surface area contributed by atoms with Crippen molar-refractivity contribution in [2.24, 2.45) is 0 Å². The molecule has 0 aliphatic heterocycles. The van der Waals surface area contributed by atoms with E-state index < -0.39 is 12.1 Å². The standard InChI is InChI=1S/C19H27N3O4/c1-2-18(19(23)24)26-13-7-5-3-4-6-12-25-15-8-9-16(20-14-15)17-10-11-21-22-17/h8-11,14,18H,2-7,12-13H2,1H3,(H,21,22)(H,23,24)/t18-/m0/s1. The maximum Gasteiger partial charge on any atom is 0.332 e. The molecule has 0 bridgehead atoms. The number of aliphatic carboxylic acids is 1. The lowest BCUT2D eigenvalue weighted by Gasteiger charge is -2.11. The predicted octanol–water partition coefficient (Wildman–Crippen LogP) is 3.68. The third-order valence-electron chi connectivity index (χ3n) is 4.04. The van der Waals surface area contributed by atoms with Crippen molar-refractivity contribution >= 4 is 5.97 Å². The van der Waals surface area contributed by atoms with Crippen LogP contribution in [0.4, 0.5) is 0 Å². The summed E-state index contributed by atoms with van der Waals surface area (Å²) in [5.74, 6) is -0.113. The van der Waals surface area contributed by atoms with E-state index in [1.165, 1.54) is 0 Å². The Morgan fingerprint density at radius 2 is 1.92 bits per heavy atom. The maximum absolute atomic E-state index is 10.8. The first-order chi connectivity index (χ1) is 12.7.